The minimum Gasteiger partial charge on any atom is -0.354 e. The molecule has 0 aromatic carbocycles. The highest BCUT2D eigenvalue weighted by atomic mass is 16.2. The second-order valence-corrected chi connectivity index (χ2v) is 7.45. The van der Waals surface area contributed by atoms with Gasteiger partial charge in [-0.05, 0) is 39.2 Å². The van der Waals surface area contributed by atoms with Crippen LogP contribution in [-0.2, 0) is 11.3 Å². The summed E-state index contributed by atoms with van der Waals surface area (Å²) in [4.78, 5) is 56.1. The number of hydrogen-bond donors (Lipinski definition) is 3. The Labute approximate surface area is 167 Å². The van der Waals surface area contributed by atoms with Crippen LogP contribution in [0.25, 0.3) is 11.0 Å². The lowest BCUT2D eigenvalue weighted by Crippen LogP contribution is -2.36. The first-order valence-electron chi connectivity index (χ1n) is 10.1. The van der Waals surface area contributed by atoms with E-state index in [1.54, 1.807) is 13.0 Å². The van der Waals surface area contributed by atoms with Gasteiger partial charge in [-0.1, -0.05) is 6.92 Å². The van der Waals surface area contributed by atoms with Gasteiger partial charge in [0.25, 0.3) is 11.5 Å². The highest BCUT2D eigenvalue weighted by molar-refractivity contribution is 6.05. The fourth-order valence-corrected chi connectivity index (χ4v) is 3.19. The zero-order valence-electron chi connectivity index (χ0n) is 17.0. The molecule has 156 valence electrons. The molecule has 1 atom stereocenters. The van der Waals surface area contributed by atoms with Gasteiger partial charge in [0, 0.05) is 37.2 Å². The zero-order valence-corrected chi connectivity index (χ0v) is 17.0. The molecule has 1 fully saturated rings. The Kier molecular flexibility index (Phi) is 6.14. The summed E-state index contributed by atoms with van der Waals surface area (Å²) < 4.78 is 1.36. The third-order valence-electron chi connectivity index (χ3n) is 5.18. The Hall–Kier alpha value is -2.97. The van der Waals surface area contributed by atoms with Crippen LogP contribution >= 0.6 is 0 Å². The highest BCUT2D eigenvalue weighted by Gasteiger charge is 2.28. The SMILES string of the molecule is CCC(C)NC(=O)CCNC(=O)c1cc(C2CC2)nc2c1c(=O)[nH]c(=O)n2CC. The van der Waals surface area contributed by atoms with Crippen LogP contribution in [0, 0.1) is 0 Å². The summed E-state index contributed by atoms with van der Waals surface area (Å²) in [6.07, 6.45) is 2.90. The number of H-pyrrole nitrogens is 1. The first kappa shape index (κ1) is 20.8. The number of hydrogen-bond acceptors (Lipinski definition) is 5. The van der Waals surface area contributed by atoms with Gasteiger partial charge in [-0.25, -0.2) is 9.78 Å². The standard InChI is InChI=1S/C20H27N5O4/c1-4-11(3)22-15(26)8-9-21-18(27)13-10-14(12-6-7-12)23-17-16(13)19(28)24-20(29)25(17)5-2/h10-12H,4-9H2,1-3H3,(H,21,27)(H,22,26)(H,24,28,29). The van der Waals surface area contributed by atoms with E-state index in [4.69, 9.17) is 0 Å². The van der Waals surface area contributed by atoms with Crippen LogP contribution < -0.4 is 21.9 Å². The third kappa shape index (κ3) is 4.55. The number of carbonyl (C=O) groups excluding carboxylic acids is 2. The number of pyridine rings is 1. The van der Waals surface area contributed by atoms with E-state index in [2.05, 4.69) is 20.6 Å². The second-order valence-electron chi connectivity index (χ2n) is 7.45. The summed E-state index contributed by atoms with van der Waals surface area (Å²) in [5.74, 6) is -0.357. The summed E-state index contributed by atoms with van der Waals surface area (Å²) in [5, 5.41) is 5.65. The van der Waals surface area contributed by atoms with Gasteiger partial charge in [0.2, 0.25) is 5.91 Å². The zero-order chi connectivity index (χ0) is 21.1. The first-order valence-corrected chi connectivity index (χ1v) is 10.1. The number of nitrogens with one attached hydrogen (secondary N) is 3. The predicted octanol–water partition coefficient (Wildman–Crippen LogP) is 1.02. The van der Waals surface area contributed by atoms with E-state index in [9.17, 15) is 19.2 Å². The summed E-state index contributed by atoms with van der Waals surface area (Å²) in [5.41, 5.74) is -0.0555. The summed E-state index contributed by atoms with van der Waals surface area (Å²) in [6, 6.07) is 1.71. The van der Waals surface area contributed by atoms with E-state index in [-0.39, 0.29) is 47.4 Å². The van der Waals surface area contributed by atoms with Gasteiger partial charge in [0.15, 0.2) is 5.65 Å². The van der Waals surface area contributed by atoms with Crippen LogP contribution in [0.2, 0.25) is 0 Å². The molecule has 1 aliphatic carbocycles. The third-order valence-corrected chi connectivity index (χ3v) is 5.18. The lowest BCUT2D eigenvalue weighted by atomic mass is 10.1. The molecule has 0 radical (unpaired) electrons. The molecule has 0 bridgehead atoms. The number of amides is 2. The quantitative estimate of drug-likeness (QED) is 0.609. The molecule has 9 nitrogen and oxygen atoms in total. The molecule has 2 aromatic rings. The number of aromatic amines is 1. The molecule has 1 unspecified atom stereocenters. The maximum Gasteiger partial charge on any atom is 0.329 e. The molecule has 29 heavy (non-hydrogen) atoms. The number of nitrogens with zero attached hydrogens (tertiary/aromatic N) is 2. The topological polar surface area (TPSA) is 126 Å². The molecule has 3 N–H and O–H groups in total. The number of aromatic nitrogens is 3. The van der Waals surface area contributed by atoms with E-state index >= 15 is 0 Å². The normalized spacial score (nSPS) is 14.6. The van der Waals surface area contributed by atoms with E-state index in [0.717, 1.165) is 19.3 Å². The van der Waals surface area contributed by atoms with Gasteiger partial charge in [0.05, 0.1) is 10.9 Å². The Morgan fingerprint density at radius 2 is 2.03 bits per heavy atom. The number of fused-ring (bicyclic) bond motifs is 1. The lowest BCUT2D eigenvalue weighted by molar-refractivity contribution is -0.121. The monoisotopic (exact) mass is 401 g/mol. The number of aryl methyl sites for hydroxylation is 1. The van der Waals surface area contributed by atoms with Crippen LogP contribution in [0.3, 0.4) is 0 Å². The summed E-state index contributed by atoms with van der Waals surface area (Å²) in [6.45, 7) is 6.14. The van der Waals surface area contributed by atoms with Gasteiger partial charge in [-0.15, -0.1) is 0 Å². The summed E-state index contributed by atoms with van der Waals surface area (Å²) >= 11 is 0. The molecule has 1 aliphatic rings. The highest BCUT2D eigenvalue weighted by Crippen LogP contribution is 2.39. The van der Waals surface area contributed by atoms with E-state index < -0.39 is 17.2 Å². The minimum atomic E-state index is -0.635. The van der Waals surface area contributed by atoms with Crippen LogP contribution in [0.4, 0.5) is 0 Å². The van der Waals surface area contributed by atoms with Crippen molar-refractivity contribution in [1.82, 2.24) is 25.2 Å². The molecule has 2 amide bonds. The van der Waals surface area contributed by atoms with Crippen molar-refractivity contribution >= 4 is 22.8 Å². The van der Waals surface area contributed by atoms with E-state index in [1.165, 1.54) is 4.57 Å². The maximum atomic E-state index is 12.8. The van der Waals surface area contributed by atoms with Gasteiger partial charge >= 0.3 is 5.69 Å². The van der Waals surface area contributed by atoms with Crippen LogP contribution in [-0.4, -0.2) is 38.9 Å². The van der Waals surface area contributed by atoms with Crippen LogP contribution in [0.1, 0.15) is 68.4 Å². The van der Waals surface area contributed by atoms with Crippen molar-refractivity contribution in [2.75, 3.05) is 6.54 Å². The van der Waals surface area contributed by atoms with Crippen molar-refractivity contribution < 1.29 is 9.59 Å². The molecule has 0 aliphatic heterocycles. The fraction of sp³-hybridized carbons (Fsp3) is 0.550. The predicted molar refractivity (Wildman–Crippen MR) is 109 cm³/mol. The summed E-state index contributed by atoms with van der Waals surface area (Å²) in [7, 11) is 0. The fourth-order valence-electron chi connectivity index (χ4n) is 3.19. The number of rotatable bonds is 8. The molecule has 1 saturated carbocycles. The molecule has 9 heteroatoms. The Morgan fingerprint density at radius 1 is 1.31 bits per heavy atom. The molecule has 3 rings (SSSR count). The van der Waals surface area contributed by atoms with Crippen molar-refractivity contribution in [2.24, 2.45) is 0 Å². The Morgan fingerprint density at radius 3 is 2.66 bits per heavy atom. The van der Waals surface area contributed by atoms with E-state index in [0.29, 0.717) is 12.2 Å². The van der Waals surface area contributed by atoms with Gasteiger partial charge in [0.1, 0.15) is 0 Å². The molecule has 2 heterocycles. The number of carbonyl (C=O) groups is 2. The van der Waals surface area contributed by atoms with Gasteiger partial charge < -0.3 is 10.6 Å². The van der Waals surface area contributed by atoms with Crippen molar-refractivity contribution in [1.29, 1.82) is 0 Å². The smallest absolute Gasteiger partial charge is 0.329 e. The molecule has 2 aromatic heterocycles. The molecule has 0 saturated heterocycles. The largest absolute Gasteiger partial charge is 0.354 e. The molecule has 0 spiro atoms. The molecular formula is C20H27N5O4. The molecular weight excluding hydrogens is 374 g/mol. The van der Waals surface area contributed by atoms with Crippen molar-refractivity contribution in [3.63, 3.8) is 0 Å². The second kappa shape index (κ2) is 8.59. The average molecular weight is 401 g/mol. The van der Waals surface area contributed by atoms with Crippen molar-refractivity contribution in [3.05, 3.63) is 38.2 Å². The van der Waals surface area contributed by atoms with Gasteiger partial charge in [-0.2, -0.15) is 0 Å². The lowest BCUT2D eigenvalue weighted by Gasteiger charge is -2.13. The van der Waals surface area contributed by atoms with Crippen LogP contribution in [0.15, 0.2) is 15.7 Å². The van der Waals surface area contributed by atoms with Crippen LogP contribution in [0.5, 0.6) is 0 Å². The Balaban J connectivity index is 1.89. The van der Waals surface area contributed by atoms with E-state index in [1.807, 2.05) is 13.8 Å². The average Bonchev–Trinajstić information content (AvgIpc) is 3.52. The van der Waals surface area contributed by atoms with Crippen molar-refractivity contribution in [3.8, 4) is 0 Å². The first-order chi connectivity index (χ1) is 13.8. The maximum absolute atomic E-state index is 12.8. The minimum absolute atomic E-state index is 0.0766. The Bertz CT molecular complexity index is 1050. The van der Waals surface area contributed by atoms with Gasteiger partial charge in [-0.3, -0.25) is 23.9 Å². The van der Waals surface area contributed by atoms with Crippen molar-refractivity contribution in [2.45, 2.75) is 65.0 Å².